The molecular formula is C11H7BrClNO2S. The zero-order chi connectivity index (χ0) is 12.4. The Morgan fingerprint density at radius 3 is 3.00 bits per heavy atom. The Morgan fingerprint density at radius 1 is 1.53 bits per heavy atom. The minimum atomic E-state index is -0.887. The number of carbonyl (C=O) groups is 1. The van der Waals surface area contributed by atoms with E-state index >= 15 is 0 Å². The highest BCUT2D eigenvalue weighted by atomic mass is 79.9. The summed E-state index contributed by atoms with van der Waals surface area (Å²) >= 11 is 10.8. The summed E-state index contributed by atoms with van der Waals surface area (Å²) in [7, 11) is 0. The van der Waals surface area contributed by atoms with Crippen molar-refractivity contribution in [3.05, 3.63) is 38.8 Å². The van der Waals surface area contributed by atoms with E-state index in [4.69, 9.17) is 16.7 Å². The van der Waals surface area contributed by atoms with Gasteiger partial charge in [-0.05, 0) is 18.2 Å². The van der Waals surface area contributed by atoms with Crippen LogP contribution in [0.3, 0.4) is 0 Å². The fourth-order valence-corrected chi connectivity index (χ4v) is 2.80. The van der Waals surface area contributed by atoms with Gasteiger partial charge in [-0.25, -0.2) is 4.98 Å². The molecule has 1 aromatic heterocycles. The molecule has 3 nitrogen and oxygen atoms in total. The third-order valence-electron chi connectivity index (χ3n) is 2.04. The van der Waals surface area contributed by atoms with Crippen LogP contribution in [0.1, 0.15) is 5.69 Å². The molecular weight excluding hydrogens is 326 g/mol. The number of rotatable bonds is 3. The lowest BCUT2D eigenvalue weighted by Crippen LogP contribution is -1.99. The quantitative estimate of drug-likeness (QED) is 0.928. The summed E-state index contributed by atoms with van der Waals surface area (Å²) in [6, 6.07) is 5.49. The van der Waals surface area contributed by atoms with Crippen molar-refractivity contribution in [2.75, 3.05) is 0 Å². The molecule has 0 amide bonds. The van der Waals surface area contributed by atoms with Gasteiger partial charge >= 0.3 is 5.97 Å². The molecule has 0 bridgehead atoms. The Labute approximate surface area is 115 Å². The minimum absolute atomic E-state index is 0.0673. The van der Waals surface area contributed by atoms with E-state index in [9.17, 15) is 4.79 Å². The normalized spacial score (nSPS) is 10.5. The first-order valence-electron chi connectivity index (χ1n) is 4.68. The van der Waals surface area contributed by atoms with Gasteiger partial charge in [-0.15, -0.1) is 11.3 Å². The van der Waals surface area contributed by atoms with Gasteiger partial charge in [0.15, 0.2) is 0 Å². The van der Waals surface area contributed by atoms with Crippen molar-refractivity contribution in [3.63, 3.8) is 0 Å². The first-order valence-corrected chi connectivity index (χ1v) is 6.73. The Kier molecular flexibility index (Phi) is 3.81. The van der Waals surface area contributed by atoms with Crippen LogP contribution in [0.4, 0.5) is 0 Å². The van der Waals surface area contributed by atoms with Gasteiger partial charge in [-0.1, -0.05) is 27.5 Å². The van der Waals surface area contributed by atoms with E-state index in [1.54, 1.807) is 11.4 Å². The molecule has 17 heavy (non-hydrogen) atoms. The fourth-order valence-electron chi connectivity index (χ4n) is 1.33. The maximum atomic E-state index is 10.6. The van der Waals surface area contributed by atoms with Crippen LogP contribution in [-0.2, 0) is 11.2 Å². The number of aromatic nitrogens is 1. The molecule has 88 valence electrons. The Hall–Kier alpha value is -0.910. The second-order valence-electron chi connectivity index (χ2n) is 3.34. The molecule has 0 spiro atoms. The molecule has 0 aliphatic carbocycles. The zero-order valence-electron chi connectivity index (χ0n) is 8.48. The molecule has 1 heterocycles. The van der Waals surface area contributed by atoms with E-state index < -0.39 is 5.97 Å². The molecule has 6 heteroatoms. The number of hydrogen-bond donors (Lipinski definition) is 1. The molecule has 2 rings (SSSR count). The summed E-state index contributed by atoms with van der Waals surface area (Å²) < 4.78 is 0.909. The van der Waals surface area contributed by atoms with E-state index in [1.807, 2.05) is 12.1 Å². The van der Waals surface area contributed by atoms with Gasteiger partial charge in [0.2, 0.25) is 0 Å². The number of halogens is 2. The third kappa shape index (κ3) is 3.06. The summed E-state index contributed by atoms with van der Waals surface area (Å²) in [6.07, 6.45) is -0.0673. The maximum Gasteiger partial charge on any atom is 0.309 e. The zero-order valence-corrected chi connectivity index (χ0v) is 11.6. The summed E-state index contributed by atoms with van der Waals surface area (Å²) in [5.41, 5.74) is 1.36. The lowest BCUT2D eigenvalue weighted by Gasteiger charge is -2.00. The molecule has 0 aliphatic rings. The molecule has 1 N–H and O–H groups in total. The first-order chi connectivity index (χ1) is 8.06. The number of aliphatic carboxylic acids is 1. The van der Waals surface area contributed by atoms with Gasteiger partial charge < -0.3 is 5.11 Å². The van der Waals surface area contributed by atoms with E-state index in [2.05, 4.69) is 20.9 Å². The molecule has 0 saturated carbocycles. The van der Waals surface area contributed by atoms with Crippen molar-refractivity contribution in [2.24, 2.45) is 0 Å². The predicted octanol–water partition coefficient (Wildman–Crippen LogP) is 3.85. The molecule has 2 aromatic rings. The average Bonchev–Trinajstić information content (AvgIpc) is 2.69. The summed E-state index contributed by atoms with van der Waals surface area (Å²) in [6.45, 7) is 0. The number of carboxylic acid groups (broad SMARTS) is 1. The minimum Gasteiger partial charge on any atom is -0.481 e. The second kappa shape index (κ2) is 5.16. The molecule has 0 radical (unpaired) electrons. The Balaban J connectivity index is 2.36. The SMILES string of the molecule is O=C(O)Cc1csc(-c2cc(Br)ccc2Cl)n1. The van der Waals surface area contributed by atoms with Crippen LogP contribution in [-0.4, -0.2) is 16.1 Å². The topological polar surface area (TPSA) is 50.2 Å². The Morgan fingerprint density at radius 2 is 2.29 bits per heavy atom. The van der Waals surface area contributed by atoms with E-state index in [1.165, 1.54) is 11.3 Å². The maximum absolute atomic E-state index is 10.6. The van der Waals surface area contributed by atoms with Crippen molar-refractivity contribution in [1.29, 1.82) is 0 Å². The van der Waals surface area contributed by atoms with E-state index in [-0.39, 0.29) is 6.42 Å². The van der Waals surface area contributed by atoms with E-state index in [0.717, 1.165) is 15.0 Å². The van der Waals surface area contributed by atoms with Crippen molar-refractivity contribution in [2.45, 2.75) is 6.42 Å². The second-order valence-corrected chi connectivity index (χ2v) is 5.52. The summed E-state index contributed by atoms with van der Waals surface area (Å²) in [4.78, 5) is 14.8. The van der Waals surface area contributed by atoms with Crippen molar-refractivity contribution in [3.8, 4) is 10.6 Å². The van der Waals surface area contributed by atoms with Gasteiger partial charge in [0.25, 0.3) is 0 Å². The molecule has 0 saturated heterocycles. The number of carboxylic acids is 1. The predicted molar refractivity (Wildman–Crippen MR) is 71.6 cm³/mol. The number of nitrogens with zero attached hydrogens (tertiary/aromatic N) is 1. The van der Waals surface area contributed by atoms with Gasteiger partial charge in [0, 0.05) is 15.4 Å². The highest BCUT2D eigenvalue weighted by Crippen LogP contribution is 2.32. The van der Waals surface area contributed by atoms with Crippen LogP contribution in [0.2, 0.25) is 5.02 Å². The Bertz CT molecular complexity index is 570. The highest BCUT2D eigenvalue weighted by molar-refractivity contribution is 9.10. The molecule has 1 aromatic carbocycles. The first kappa shape index (κ1) is 12.5. The van der Waals surface area contributed by atoms with Gasteiger partial charge in [0.05, 0.1) is 17.1 Å². The van der Waals surface area contributed by atoms with Crippen molar-refractivity contribution in [1.82, 2.24) is 4.98 Å². The third-order valence-corrected chi connectivity index (χ3v) is 3.79. The smallest absolute Gasteiger partial charge is 0.309 e. The largest absolute Gasteiger partial charge is 0.481 e. The van der Waals surface area contributed by atoms with Gasteiger partial charge in [-0.3, -0.25) is 4.79 Å². The monoisotopic (exact) mass is 331 g/mol. The number of benzene rings is 1. The molecule has 0 aliphatic heterocycles. The van der Waals surface area contributed by atoms with Crippen LogP contribution in [0, 0.1) is 0 Å². The van der Waals surface area contributed by atoms with Crippen LogP contribution in [0.25, 0.3) is 10.6 Å². The van der Waals surface area contributed by atoms with Gasteiger partial charge in [0.1, 0.15) is 5.01 Å². The van der Waals surface area contributed by atoms with Crippen LogP contribution in [0.5, 0.6) is 0 Å². The number of thiazole rings is 1. The van der Waals surface area contributed by atoms with Crippen LogP contribution in [0.15, 0.2) is 28.1 Å². The molecule has 0 unspecified atom stereocenters. The molecule has 0 atom stereocenters. The lowest BCUT2D eigenvalue weighted by molar-refractivity contribution is -0.136. The average molecular weight is 333 g/mol. The summed E-state index contributed by atoms with van der Waals surface area (Å²) in [5, 5.41) is 11.7. The standard InChI is InChI=1S/C11H7BrClNO2S/c12-6-1-2-9(13)8(3-6)11-14-7(5-17-11)4-10(15)16/h1-3,5H,4H2,(H,15,16). The van der Waals surface area contributed by atoms with E-state index in [0.29, 0.717) is 10.7 Å². The van der Waals surface area contributed by atoms with Crippen molar-refractivity contribution < 1.29 is 9.90 Å². The van der Waals surface area contributed by atoms with Gasteiger partial charge in [-0.2, -0.15) is 0 Å². The van der Waals surface area contributed by atoms with Crippen LogP contribution >= 0.6 is 38.9 Å². The summed E-state index contributed by atoms with van der Waals surface area (Å²) in [5.74, 6) is -0.887. The number of hydrogen-bond acceptors (Lipinski definition) is 3. The molecule has 0 fully saturated rings. The van der Waals surface area contributed by atoms with Crippen LogP contribution < -0.4 is 0 Å². The highest BCUT2D eigenvalue weighted by Gasteiger charge is 2.10. The lowest BCUT2D eigenvalue weighted by atomic mass is 10.2. The van der Waals surface area contributed by atoms with Crippen molar-refractivity contribution >= 4 is 44.8 Å². The fraction of sp³-hybridized carbons (Fsp3) is 0.0909.